The molecule has 0 saturated heterocycles. The molecular formula is C15H20N2S. The molecule has 1 unspecified atom stereocenters. The zero-order chi connectivity index (χ0) is 13.0. The van der Waals surface area contributed by atoms with Crippen LogP contribution in [0.1, 0.15) is 28.1 Å². The summed E-state index contributed by atoms with van der Waals surface area (Å²) in [5, 5.41) is 0. The van der Waals surface area contributed by atoms with Crippen LogP contribution in [0.2, 0.25) is 0 Å². The van der Waals surface area contributed by atoms with E-state index in [1.807, 2.05) is 5.51 Å². The number of aromatic nitrogens is 1. The fourth-order valence-corrected chi connectivity index (χ4v) is 2.81. The van der Waals surface area contributed by atoms with E-state index < -0.39 is 0 Å². The van der Waals surface area contributed by atoms with E-state index in [9.17, 15) is 0 Å². The van der Waals surface area contributed by atoms with E-state index in [2.05, 4.69) is 43.1 Å². The summed E-state index contributed by atoms with van der Waals surface area (Å²) in [5.74, 6) is 0. The molecule has 2 rings (SSSR count). The molecule has 0 fully saturated rings. The van der Waals surface area contributed by atoms with E-state index >= 15 is 0 Å². The molecule has 1 atom stereocenters. The van der Waals surface area contributed by atoms with Crippen molar-refractivity contribution in [1.82, 2.24) is 4.98 Å². The van der Waals surface area contributed by atoms with Gasteiger partial charge in [0.2, 0.25) is 0 Å². The van der Waals surface area contributed by atoms with Crippen molar-refractivity contribution in [1.29, 1.82) is 0 Å². The predicted octanol–water partition coefficient (Wildman–Crippen LogP) is 3.26. The zero-order valence-corrected chi connectivity index (χ0v) is 11.8. The van der Waals surface area contributed by atoms with Crippen LogP contribution in [0.3, 0.4) is 0 Å². The number of rotatable bonds is 5. The van der Waals surface area contributed by atoms with Crippen LogP contribution in [0.15, 0.2) is 29.8 Å². The Labute approximate surface area is 113 Å². The first-order chi connectivity index (χ1) is 8.65. The highest BCUT2D eigenvalue weighted by molar-refractivity contribution is 7.09. The van der Waals surface area contributed by atoms with Crippen molar-refractivity contribution >= 4 is 11.3 Å². The third-order valence-electron chi connectivity index (χ3n) is 3.21. The van der Waals surface area contributed by atoms with Crippen LogP contribution in [0, 0.1) is 13.8 Å². The van der Waals surface area contributed by atoms with Crippen molar-refractivity contribution in [3.8, 4) is 0 Å². The van der Waals surface area contributed by atoms with Gasteiger partial charge in [-0.05, 0) is 38.7 Å². The molecule has 1 heterocycles. The molecule has 0 spiro atoms. The first kappa shape index (κ1) is 13.2. The largest absolute Gasteiger partial charge is 0.327 e. The van der Waals surface area contributed by atoms with Gasteiger partial charge < -0.3 is 5.73 Å². The Balaban J connectivity index is 1.83. The number of thiazole rings is 1. The summed E-state index contributed by atoms with van der Waals surface area (Å²) >= 11 is 1.73. The maximum absolute atomic E-state index is 6.19. The number of aryl methyl sites for hydroxylation is 3. The second-order valence-corrected chi connectivity index (χ2v) is 5.79. The molecule has 0 aliphatic heterocycles. The van der Waals surface area contributed by atoms with Gasteiger partial charge in [0.05, 0.1) is 11.2 Å². The Kier molecular flexibility index (Phi) is 4.50. The van der Waals surface area contributed by atoms with Crippen molar-refractivity contribution < 1.29 is 0 Å². The van der Waals surface area contributed by atoms with Gasteiger partial charge in [-0.25, -0.2) is 4.98 Å². The van der Waals surface area contributed by atoms with Gasteiger partial charge in [0, 0.05) is 10.9 Å². The van der Waals surface area contributed by atoms with E-state index in [1.54, 1.807) is 11.3 Å². The zero-order valence-electron chi connectivity index (χ0n) is 11.0. The normalized spacial score (nSPS) is 12.6. The molecule has 0 radical (unpaired) electrons. The summed E-state index contributed by atoms with van der Waals surface area (Å²) in [6.45, 7) is 4.17. The number of benzene rings is 1. The monoisotopic (exact) mass is 260 g/mol. The number of nitrogens with two attached hydrogens (primary N) is 1. The quantitative estimate of drug-likeness (QED) is 0.896. The molecule has 1 aromatic carbocycles. The van der Waals surface area contributed by atoms with Gasteiger partial charge in [-0.1, -0.05) is 29.8 Å². The first-order valence-corrected chi connectivity index (χ1v) is 7.23. The molecule has 18 heavy (non-hydrogen) atoms. The lowest BCUT2D eigenvalue weighted by Crippen LogP contribution is -2.23. The summed E-state index contributed by atoms with van der Waals surface area (Å²) in [6, 6.07) is 8.87. The van der Waals surface area contributed by atoms with Crippen LogP contribution in [-0.2, 0) is 12.8 Å². The average molecular weight is 260 g/mol. The molecule has 0 amide bonds. The van der Waals surface area contributed by atoms with Gasteiger partial charge >= 0.3 is 0 Å². The second kappa shape index (κ2) is 6.12. The first-order valence-electron chi connectivity index (χ1n) is 6.35. The minimum absolute atomic E-state index is 0.231. The highest BCUT2D eigenvalue weighted by Gasteiger charge is 2.07. The summed E-state index contributed by atoms with van der Waals surface area (Å²) in [6.07, 6.45) is 3.03. The van der Waals surface area contributed by atoms with Gasteiger partial charge in [-0.2, -0.15) is 0 Å². The second-order valence-electron chi connectivity index (χ2n) is 4.85. The molecule has 0 saturated carbocycles. The summed E-state index contributed by atoms with van der Waals surface area (Å²) < 4.78 is 0. The maximum Gasteiger partial charge on any atom is 0.0797 e. The Morgan fingerprint density at radius 2 is 1.94 bits per heavy atom. The average Bonchev–Trinajstić information content (AvgIpc) is 2.75. The van der Waals surface area contributed by atoms with Crippen LogP contribution >= 0.6 is 11.3 Å². The van der Waals surface area contributed by atoms with Crippen molar-refractivity contribution in [2.45, 2.75) is 39.2 Å². The highest BCUT2D eigenvalue weighted by Crippen LogP contribution is 2.16. The van der Waals surface area contributed by atoms with Gasteiger partial charge in [-0.15, -0.1) is 11.3 Å². The van der Waals surface area contributed by atoms with Gasteiger partial charge in [0.1, 0.15) is 0 Å². The summed E-state index contributed by atoms with van der Waals surface area (Å²) in [5.41, 5.74) is 11.9. The van der Waals surface area contributed by atoms with Gasteiger partial charge in [0.25, 0.3) is 0 Å². The van der Waals surface area contributed by atoms with Crippen molar-refractivity contribution in [3.63, 3.8) is 0 Å². The Morgan fingerprint density at radius 1 is 1.22 bits per heavy atom. The fraction of sp³-hybridized carbons (Fsp3) is 0.400. The third kappa shape index (κ3) is 3.65. The smallest absolute Gasteiger partial charge is 0.0797 e. The maximum atomic E-state index is 6.19. The third-order valence-corrected chi connectivity index (χ3v) is 4.20. The molecule has 0 aliphatic rings. The fourth-order valence-electron chi connectivity index (χ4n) is 2.01. The lowest BCUT2D eigenvalue weighted by atomic mass is 10.0. The lowest BCUT2D eigenvalue weighted by molar-refractivity contribution is 0.612. The summed E-state index contributed by atoms with van der Waals surface area (Å²) in [7, 11) is 0. The molecule has 96 valence electrons. The number of hydrogen-bond donors (Lipinski definition) is 1. The van der Waals surface area contributed by atoms with E-state index in [1.165, 1.54) is 16.0 Å². The van der Waals surface area contributed by atoms with Crippen molar-refractivity contribution in [3.05, 3.63) is 51.5 Å². The van der Waals surface area contributed by atoms with Gasteiger partial charge in [-0.3, -0.25) is 0 Å². The van der Waals surface area contributed by atoms with E-state index in [0.29, 0.717) is 0 Å². The van der Waals surface area contributed by atoms with Gasteiger partial charge in [0.15, 0.2) is 0 Å². The van der Waals surface area contributed by atoms with Crippen LogP contribution in [0.5, 0.6) is 0 Å². The van der Waals surface area contributed by atoms with E-state index in [4.69, 9.17) is 5.73 Å². The van der Waals surface area contributed by atoms with Crippen LogP contribution in [-0.4, -0.2) is 11.0 Å². The highest BCUT2D eigenvalue weighted by atomic mass is 32.1. The topological polar surface area (TPSA) is 38.9 Å². The van der Waals surface area contributed by atoms with Crippen LogP contribution in [0.25, 0.3) is 0 Å². The Bertz CT molecular complexity index is 487. The molecule has 1 aromatic heterocycles. The molecule has 2 N–H and O–H groups in total. The Morgan fingerprint density at radius 3 is 2.56 bits per heavy atom. The number of nitrogens with zero attached hydrogens (tertiary/aromatic N) is 1. The van der Waals surface area contributed by atoms with Crippen molar-refractivity contribution in [2.75, 3.05) is 0 Å². The van der Waals surface area contributed by atoms with E-state index in [0.717, 1.165) is 25.0 Å². The minimum Gasteiger partial charge on any atom is -0.327 e. The molecule has 0 aliphatic carbocycles. The SMILES string of the molecule is Cc1ccc(CC(N)CCc2scnc2C)cc1. The predicted molar refractivity (Wildman–Crippen MR) is 78.0 cm³/mol. The minimum atomic E-state index is 0.231. The molecule has 0 bridgehead atoms. The standard InChI is InChI=1S/C15H20N2S/c1-11-3-5-13(6-4-11)9-14(16)7-8-15-12(2)17-10-18-15/h3-6,10,14H,7-9,16H2,1-2H3. The van der Waals surface area contributed by atoms with Crippen molar-refractivity contribution in [2.24, 2.45) is 5.73 Å². The molecule has 2 aromatic rings. The molecule has 3 heteroatoms. The summed E-state index contributed by atoms with van der Waals surface area (Å²) in [4.78, 5) is 5.64. The lowest BCUT2D eigenvalue weighted by Gasteiger charge is -2.11. The van der Waals surface area contributed by atoms with Crippen LogP contribution in [0.4, 0.5) is 0 Å². The van der Waals surface area contributed by atoms with E-state index in [-0.39, 0.29) is 6.04 Å². The molecular weight excluding hydrogens is 240 g/mol. The molecule has 2 nitrogen and oxygen atoms in total. The number of hydrogen-bond acceptors (Lipinski definition) is 3. The Hall–Kier alpha value is -1.19. The van der Waals surface area contributed by atoms with Crippen LogP contribution < -0.4 is 5.73 Å².